The van der Waals surface area contributed by atoms with Crippen LogP contribution in [0.1, 0.15) is 17.8 Å². The maximum Gasteiger partial charge on any atom is 1.00 e. The van der Waals surface area contributed by atoms with Crippen molar-refractivity contribution < 1.29 is 73.1 Å². The maximum atomic E-state index is 11.9. The molecule has 1 aromatic heterocycles. The zero-order valence-corrected chi connectivity index (χ0v) is 10.9. The number of nitrogens with zero attached hydrogens (tertiary/aromatic N) is 2. The number of hydrogen-bond donors (Lipinski definition) is 0. The van der Waals surface area contributed by atoms with Crippen molar-refractivity contribution in [2.75, 3.05) is 0 Å². The van der Waals surface area contributed by atoms with E-state index < -0.39 is 25.5 Å². The molecule has 0 atom stereocenters. The summed E-state index contributed by atoms with van der Waals surface area (Å²) in [5.74, 6) is -0.761. The molecule has 0 aliphatic carbocycles. The summed E-state index contributed by atoms with van der Waals surface area (Å²) in [5, 5.41) is 0. The monoisotopic (exact) mass is 250 g/mol. The van der Waals surface area contributed by atoms with Crippen molar-refractivity contribution in [3.63, 3.8) is 0 Å². The smallest absolute Gasteiger partial charge is 0.449 e. The van der Waals surface area contributed by atoms with E-state index in [9.17, 15) is 21.7 Å². The standard InChI is InChI=1S/C6H5BF5N2.K/c8-5(9)6-13-2-4(3-14-6)1-7(10,11)12;/h2-3,5H,1H2;/q-1;+1. The molecule has 1 aromatic rings. The first-order valence-electron chi connectivity index (χ1n) is 3.68. The first-order chi connectivity index (χ1) is 6.38. The van der Waals surface area contributed by atoms with Gasteiger partial charge in [0.1, 0.15) is 0 Å². The summed E-state index contributed by atoms with van der Waals surface area (Å²) in [6.45, 7) is -4.98. The van der Waals surface area contributed by atoms with E-state index >= 15 is 0 Å². The average Bonchev–Trinajstić information content (AvgIpc) is 2.02. The van der Waals surface area contributed by atoms with Gasteiger partial charge in [0, 0.05) is 12.4 Å². The fourth-order valence-electron chi connectivity index (χ4n) is 0.850. The van der Waals surface area contributed by atoms with Crippen LogP contribution in [0, 0.1) is 0 Å². The van der Waals surface area contributed by atoms with Crippen LogP contribution in [0.4, 0.5) is 21.7 Å². The van der Waals surface area contributed by atoms with Crippen LogP contribution in [0.25, 0.3) is 0 Å². The van der Waals surface area contributed by atoms with Gasteiger partial charge in [-0.05, 0) is 5.56 Å². The van der Waals surface area contributed by atoms with E-state index in [0.717, 1.165) is 12.4 Å². The van der Waals surface area contributed by atoms with Crippen LogP contribution in [0.5, 0.6) is 0 Å². The average molecular weight is 250 g/mol. The van der Waals surface area contributed by atoms with Crippen LogP contribution in [0.3, 0.4) is 0 Å². The SMILES string of the molecule is FC(F)c1ncc(C[B-](F)(F)F)cn1.[K+]. The second-order valence-corrected chi connectivity index (χ2v) is 2.66. The van der Waals surface area contributed by atoms with E-state index in [1.54, 1.807) is 0 Å². The summed E-state index contributed by atoms with van der Waals surface area (Å²) in [7, 11) is 0. The number of aromatic nitrogens is 2. The molecule has 0 saturated carbocycles. The Balaban J connectivity index is 0.00000196. The van der Waals surface area contributed by atoms with Crippen molar-refractivity contribution in [1.29, 1.82) is 0 Å². The second-order valence-electron chi connectivity index (χ2n) is 2.66. The molecule has 0 N–H and O–H groups in total. The molecule has 0 bridgehead atoms. The Bertz CT molecular complexity index is 301. The fraction of sp³-hybridized carbons (Fsp3) is 0.333. The molecule has 0 spiro atoms. The Morgan fingerprint density at radius 3 is 1.93 bits per heavy atom. The van der Waals surface area contributed by atoms with Gasteiger partial charge in [-0.2, -0.15) is 0 Å². The first kappa shape index (κ1) is 15.4. The van der Waals surface area contributed by atoms with Gasteiger partial charge in [-0.3, -0.25) is 0 Å². The minimum atomic E-state index is -4.98. The first-order valence-corrected chi connectivity index (χ1v) is 3.68. The Hall–Kier alpha value is 0.431. The van der Waals surface area contributed by atoms with Gasteiger partial charge < -0.3 is 12.9 Å². The predicted octanol–water partition coefficient (Wildman–Crippen LogP) is -0.653. The summed E-state index contributed by atoms with van der Waals surface area (Å²) >= 11 is 0. The van der Waals surface area contributed by atoms with E-state index in [1.807, 2.05) is 0 Å². The quantitative estimate of drug-likeness (QED) is 0.526. The largest absolute Gasteiger partial charge is 1.00 e. The molecule has 78 valence electrons. The second kappa shape index (κ2) is 6.24. The molecule has 0 aliphatic heterocycles. The molecule has 0 fully saturated rings. The molecule has 9 heteroatoms. The zero-order chi connectivity index (χ0) is 10.8. The fourth-order valence-corrected chi connectivity index (χ4v) is 0.850. The Morgan fingerprint density at radius 2 is 1.60 bits per heavy atom. The molecule has 0 unspecified atom stereocenters. The van der Waals surface area contributed by atoms with E-state index in [2.05, 4.69) is 9.97 Å². The Morgan fingerprint density at radius 1 is 1.13 bits per heavy atom. The van der Waals surface area contributed by atoms with Crippen LogP contribution >= 0.6 is 0 Å². The third kappa shape index (κ3) is 5.91. The van der Waals surface area contributed by atoms with Gasteiger partial charge in [-0.25, -0.2) is 18.7 Å². The van der Waals surface area contributed by atoms with Crippen molar-refractivity contribution in [2.45, 2.75) is 12.7 Å². The predicted molar refractivity (Wildman–Crippen MR) is 39.8 cm³/mol. The molecule has 0 amide bonds. The van der Waals surface area contributed by atoms with Gasteiger partial charge in [0.15, 0.2) is 5.82 Å². The number of rotatable bonds is 3. The molecular weight excluding hydrogens is 245 g/mol. The maximum absolute atomic E-state index is 11.9. The summed E-state index contributed by atoms with van der Waals surface area (Å²) < 4.78 is 59.4. The number of hydrogen-bond acceptors (Lipinski definition) is 2. The topological polar surface area (TPSA) is 25.8 Å². The Kier molecular flexibility index (Phi) is 6.42. The summed E-state index contributed by atoms with van der Waals surface area (Å²) in [5.41, 5.74) is -0.207. The van der Waals surface area contributed by atoms with E-state index in [-0.39, 0.29) is 56.9 Å². The minimum Gasteiger partial charge on any atom is -0.449 e. The van der Waals surface area contributed by atoms with Crippen molar-refractivity contribution >= 4 is 6.98 Å². The van der Waals surface area contributed by atoms with Crippen LogP contribution in [0.2, 0.25) is 0 Å². The summed E-state index contributed by atoms with van der Waals surface area (Å²) in [6.07, 6.45) is -2.47. The van der Waals surface area contributed by atoms with E-state index in [4.69, 9.17) is 0 Å². The van der Waals surface area contributed by atoms with Gasteiger partial charge in [0.2, 0.25) is 0 Å². The number of alkyl halides is 2. The molecule has 0 aliphatic rings. The van der Waals surface area contributed by atoms with Crippen molar-refractivity contribution in [1.82, 2.24) is 9.97 Å². The molecular formula is C6H5BF5KN2. The van der Waals surface area contributed by atoms with E-state index in [0.29, 0.717) is 0 Å². The van der Waals surface area contributed by atoms with Crippen LogP contribution in [0.15, 0.2) is 12.4 Å². The van der Waals surface area contributed by atoms with Crippen molar-refractivity contribution in [3.8, 4) is 0 Å². The number of halogens is 5. The molecule has 0 saturated heterocycles. The third-order valence-electron chi connectivity index (χ3n) is 1.39. The molecule has 2 nitrogen and oxygen atoms in total. The third-order valence-corrected chi connectivity index (χ3v) is 1.39. The van der Waals surface area contributed by atoms with E-state index in [1.165, 1.54) is 0 Å². The summed E-state index contributed by atoms with van der Waals surface area (Å²) in [4.78, 5) is 6.22. The minimum absolute atomic E-state index is 0. The van der Waals surface area contributed by atoms with Crippen molar-refractivity contribution in [3.05, 3.63) is 23.8 Å². The molecule has 0 aromatic carbocycles. The van der Waals surface area contributed by atoms with Crippen LogP contribution in [-0.2, 0) is 6.32 Å². The van der Waals surface area contributed by atoms with Gasteiger partial charge in [0.05, 0.1) is 0 Å². The van der Waals surface area contributed by atoms with Gasteiger partial charge >= 0.3 is 58.4 Å². The molecule has 1 rings (SSSR count). The molecule has 15 heavy (non-hydrogen) atoms. The van der Waals surface area contributed by atoms with Crippen LogP contribution < -0.4 is 51.4 Å². The van der Waals surface area contributed by atoms with Gasteiger partial charge in [-0.15, -0.1) is 0 Å². The van der Waals surface area contributed by atoms with Gasteiger partial charge in [-0.1, -0.05) is 6.32 Å². The van der Waals surface area contributed by atoms with Crippen LogP contribution in [-0.4, -0.2) is 16.9 Å². The molecule has 0 radical (unpaired) electrons. The summed E-state index contributed by atoms with van der Waals surface area (Å²) in [6, 6.07) is 0. The Labute approximate surface area is 125 Å². The van der Waals surface area contributed by atoms with Crippen molar-refractivity contribution in [2.24, 2.45) is 0 Å². The zero-order valence-electron chi connectivity index (χ0n) is 7.80. The normalized spacial score (nSPS) is 11.3. The van der Waals surface area contributed by atoms with Gasteiger partial charge in [0.25, 0.3) is 6.43 Å². The molecule has 1 heterocycles.